The summed E-state index contributed by atoms with van der Waals surface area (Å²) in [6, 6.07) is 4.09. The number of rotatable bonds is 4. The number of anilines is 1. The van der Waals surface area contributed by atoms with Crippen molar-refractivity contribution < 1.29 is 13.5 Å². The number of benzene rings is 1. The predicted molar refractivity (Wildman–Crippen MR) is 138 cm³/mol. The molecule has 1 aliphatic carbocycles. The predicted octanol–water partition coefficient (Wildman–Crippen LogP) is 4.40. The first kappa shape index (κ1) is 25.7. The van der Waals surface area contributed by atoms with Gasteiger partial charge in [-0.2, -0.15) is 4.98 Å². The van der Waals surface area contributed by atoms with Crippen molar-refractivity contribution in [1.82, 2.24) is 19.5 Å². The molecular formula is C26H33F2N7O. The molecule has 3 fully saturated rings. The van der Waals surface area contributed by atoms with Crippen molar-refractivity contribution in [3.63, 3.8) is 0 Å². The number of fused-ring (bicyclic) bond motifs is 1. The number of aromatic nitrogens is 4. The van der Waals surface area contributed by atoms with Crippen LogP contribution >= 0.6 is 0 Å². The van der Waals surface area contributed by atoms with Gasteiger partial charge >= 0.3 is 0 Å². The zero-order chi connectivity index (χ0) is 25.3. The number of nitrogens with two attached hydrogens (primary N) is 1. The van der Waals surface area contributed by atoms with Crippen molar-refractivity contribution in [2.45, 2.75) is 44.6 Å². The van der Waals surface area contributed by atoms with Gasteiger partial charge in [-0.3, -0.25) is 4.99 Å². The number of hydrogen-bond donors (Lipinski definition) is 1. The summed E-state index contributed by atoms with van der Waals surface area (Å²) < 4.78 is 34.2. The fraction of sp³-hybridized carbons (Fsp3) is 0.462. The van der Waals surface area contributed by atoms with Crippen LogP contribution in [0.4, 0.5) is 14.7 Å². The molecule has 3 aliphatic rings. The quantitative estimate of drug-likeness (QED) is 0.537. The molecule has 3 aromatic rings. The van der Waals surface area contributed by atoms with Gasteiger partial charge < -0.3 is 19.9 Å². The summed E-state index contributed by atoms with van der Waals surface area (Å²) in [6.07, 6.45) is 13.9. The van der Waals surface area contributed by atoms with Crippen LogP contribution in [0, 0.1) is 11.6 Å². The summed E-state index contributed by atoms with van der Waals surface area (Å²) in [5.41, 5.74) is 6.89. The van der Waals surface area contributed by atoms with E-state index in [-0.39, 0.29) is 5.56 Å². The highest BCUT2D eigenvalue weighted by Crippen LogP contribution is 2.31. The molecule has 192 valence electrons. The Balaban J connectivity index is 0.000000177. The number of allylic oxidation sites excluding steroid dienone is 1. The normalized spacial score (nSPS) is 17.5. The average Bonchev–Trinajstić information content (AvgIpc) is 3.63. The molecule has 2 aromatic heterocycles. The number of hydrogen-bond acceptors (Lipinski definition) is 7. The number of aryl methyl sites for hydroxylation is 1. The minimum atomic E-state index is -0.647. The van der Waals surface area contributed by atoms with Crippen molar-refractivity contribution in [2.24, 2.45) is 17.8 Å². The molecular weight excluding hydrogens is 464 g/mol. The summed E-state index contributed by atoms with van der Waals surface area (Å²) in [7, 11) is 1.86. The van der Waals surface area contributed by atoms with Gasteiger partial charge in [0.25, 0.3) is 0 Å². The molecule has 2 aliphatic heterocycles. The lowest BCUT2D eigenvalue weighted by molar-refractivity contribution is 0.0968. The summed E-state index contributed by atoms with van der Waals surface area (Å²) in [5.74, 6) is -0.463. The number of halogens is 2. The molecule has 1 aromatic carbocycles. The lowest BCUT2D eigenvalue weighted by Crippen LogP contribution is -2.38. The third kappa shape index (κ3) is 6.63. The van der Waals surface area contributed by atoms with Crippen LogP contribution in [0.3, 0.4) is 0 Å². The zero-order valence-electron chi connectivity index (χ0n) is 20.6. The van der Waals surface area contributed by atoms with Crippen molar-refractivity contribution >= 4 is 23.3 Å². The van der Waals surface area contributed by atoms with Crippen LogP contribution in [0.2, 0.25) is 0 Å². The van der Waals surface area contributed by atoms with E-state index in [0.717, 1.165) is 44.7 Å². The summed E-state index contributed by atoms with van der Waals surface area (Å²) >= 11 is 0. The summed E-state index contributed by atoms with van der Waals surface area (Å²) in [5, 5.41) is 0. The monoisotopic (exact) mass is 497 g/mol. The van der Waals surface area contributed by atoms with E-state index in [1.807, 2.05) is 11.6 Å². The van der Waals surface area contributed by atoms with E-state index >= 15 is 0 Å². The fourth-order valence-electron chi connectivity index (χ4n) is 3.84. The number of ether oxygens (including phenoxy) is 1. The Labute approximate surface area is 209 Å². The Bertz CT molecular complexity index is 1190. The van der Waals surface area contributed by atoms with Gasteiger partial charge in [-0.1, -0.05) is 0 Å². The van der Waals surface area contributed by atoms with Crippen LogP contribution in [0.1, 0.15) is 38.5 Å². The second-order valence-electron chi connectivity index (χ2n) is 8.92. The first-order chi connectivity index (χ1) is 17.6. The van der Waals surface area contributed by atoms with Gasteiger partial charge in [0.15, 0.2) is 5.65 Å². The maximum absolute atomic E-state index is 14.1. The minimum Gasteiger partial charge on any atom is -0.405 e. The van der Waals surface area contributed by atoms with Gasteiger partial charge in [-0.25, -0.2) is 18.7 Å². The van der Waals surface area contributed by atoms with Gasteiger partial charge in [0.2, 0.25) is 5.95 Å². The Morgan fingerprint density at radius 2 is 1.86 bits per heavy atom. The number of aliphatic imine (C=N–C) groups is 1. The molecule has 0 atom stereocenters. The lowest BCUT2D eigenvalue weighted by atomic mass is 10.1. The minimum absolute atomic E-state index is 0.243. The molecule has 2 N–H and O–H groups in total. The molecule has 1 saturated carbocycles. The highest BCUT2D eigenvalue weighted by Gasteiger charge is 2.23. The van der Waals surface area contributed by atoms with E-state index in [1.54, 1.807) is 12.3 Å². The van der Waals surface area contributed by atoms with Crippen LogP contribution in [-0.2, 0) is 11.8 Å². The summed E-state index contributed by atoms with van der Waals surface area (Å²) in [4.78, 5) is 19.1. The molecule has 0 unspecified atom stereocenters. The van der Waals surface area contributed by atoms with E-state index in [0.29, 0.717) is 22.9 Å². The van der Waals surface area contributed by atoms with Crippen LogP contribution in [0.25, 0.3) is 22.4 Å². The van der Waals surface area contributed by atoms with Crippen molar-refractivity contribution in [3.05, 3.63) is 48.4 Å². The Hall–Kier alpha value is -3.40. The zero-order valence-corrected chi connectivity index (χ0v) is 20.6. The van der Waals surface area contributed by atoms with Crippen molar-refractivity contribution in [2.75, 3.05) is 31.2 Å². The molecule has 0 radical (unpaired) electrons. The summed E-state index contributed by atoms with van der Waals surface area (Å²) in [6.45, 7) is 3.90. The standard InChI is InChI=1S/C15H13F2N5.C6H10N2.C5H10O/c1-21-13-12(10-4-3-9(16)7-11(10)17)18-8-19-14(13)20-15(21)22-5-2-6-22;7-4-1-5-8-6-2-3-6;1-2-4-6-5-3-1/h3-4,7-8H,2,5-6H2,1H3;1,4-6H,2-3,7H2;1-5H2/b;4-1-,8-5?;. The number of imidazole rings is 1. The third-order valence-corrected chi connectivity index (χ3v) is 6.09. The molecule has 6 rings (SSSR count). The largest absolute Gasteiger partial charge is 0.405 e. The van der Waals surface area contributed by atoms with E-state index in [4.69, 9.17) is 10.5 Å². The maximum atomic E-state index is 14.1. The SMILES string of the molecule is C1CCOCC1.Cn1c(N2CCC2)nc2ncnc(-c3ccc(F)cc3F)c21.N/C=C\C=NC1CC1. The van der Waals surface area contributed by atoms with Gasteiger partial charge in [0.05, 0.1) is 6.04 Å². The number of nitrogens with zero attached hydrogens (tertiary/aromatic N) is 6. The van der Waals surface area contributed by atoms with Crippen LogP contribution < -0.4 is 10.6 Å². The first-order valence-corrected chi connectivity index (χ1v) is 12.4. The van der Waals surface area contributed by atoms with E-state index < -0.39 is 11.6 Å². The third-order valence-electron chi connectivity index (χ3n) is 6.09. The highest BCUT2D eigenvalue weighted by molar-refractivity contribution is 5.89. The topological polar surface area (TPSA) is 94.5 Å². The Morgan fingerprint density at radius 1 is 1.08 bits per heavy atom. The Morgan fingerprint density at radius 3 is 2.42 bits per heavy atom. The van der Waals surface area contributed by atoms with Gasteiger partial charge in [0.1, 0.15) is 29.2 Å². The van der Waals surface area contributed by atoms with Crippen molar-refractivity contribution in [1.29, 1.82) is 0 Å². The molecule has 36 heavy (non-hydrogen) atoms. The smallest absolute Gasteiger partial charge is 0.207 e. The van der Waals surface area contributed by atoms with E-state index in [2.05, 4.69) is 24.8 Å². The molecule has 0 spiro atoms. The van der Waals surface area contributed by atoms with Crippen LogP contribution in [0.5, 0.6) is 0 Å². The van der Waals surface area contributed by atoms with Crippen molar-refractivity contribution in [3.8, 4) is 11.3 Å². The van der Waals surface area contributed by atoms with E-state index in [1.165, 1.54) is 56.8 Å². The molecule has 0 amide bonds. The van der Waals surface area contributed by atoms with Crippen LogP contribution in [0.15, 0.2) is 41.8 Å². The van der Waals surface area contributed by atoms with Gasteiger partial charge in [-0.15, -0.1) is 0 Å². The first-order valence-electron chi connectivity index (χ1n) is 12.4. The van der Waals surface area contributed by atoms with Gasteiger partial charge in [-0.05, 0) is 62.9 Å². The molecule has 10 heteroatoms. The fourth-order valence-corrected chi connectivity index (χ4v) is 3.84. The second kappa shape index (κ2) is 12.5. The highest BCUT2D eigenvalue weighted by atomic mass is 19.1. The molecule has 8 nitrogen and oxygen atoms in total. The maximum Gasteiger partial charge on any atom is 0.207 e. The second-order valence-corrected chi connectivity index (χ2v) is 8.92. The lowest BCUT2D eigenvalue weighted by Gasteiger charge is -2.31. The van der Waals surface area contributed by atoms with Gasteiger partial charge in [0, 0.05) is 51.2 Å². The molecule has 2 saturated heterocycles. The van der Waals surface area contributed by atoms with E-state index in [9.17, 15) is 8.78 Å². The average molecular weight is 498 g/mol. The van der Waals surface area contributed by atoms with Crippen LogP contribution in [-0.4, -0.2) is 58.1 Å². The molecule has 4 heterocycles. The Kier molecular flexibility index (Phi) is 8.94. The molecule has 0 bridgehead atoms.